The largest absolute Gasteiger partial charge is 0.492 e. The first kappa shape index (κ1) is 17.9. The molecular formula is C18H13ClFNO2S2. The molecule has 1 heterocycles. The van der Waals surface area contributed by atoms with Crippen LogP contribution in [0.4, 0.5) is 10.1 Å². The minimum absolute atomic E-state index is 0.244. The van der Waals surface area contributed by atoms with Crippen LogP contribution in [0.3, 0.4) is 0 Å². The van der Waals surface area contributed by atoms with Crippen molar-refractivity contribution in [3.8, 4) is 5.75 Å². The molecule has 1 aliphatic rings. The van der Waals surface area contributed by atoms with E-state index in [9.17, 15) is 9.18 Å². The second-order valence-corrected chi connectivity index (χ2v) is 7.20. The van der Waals surface area contributed by atoms with Gasteiger partial charge in [-0.1, -0.05) is 41.6 Å². The third-order valence-electron chi connectivity index (χ3n) is 3.43. The zero-order chi connectivity index (χ0) is 18.0. The number of nitrogens with zero attached hydrogens (tertiary/aromatic N) is 1. The highest BCUT2D eigenvalue weighted by atomic mass is 35.5. The van der Waals surface area contributed by atoms with E-state index in [-0.39, 0.29) is 11.7 Å². The number of thioether (sulfide) groups is 1. The summed E-state index contributed by atoms with van der Waals surface area (Å²) < 4.78 is 18.9. The fraction of sp³-hybridized carbons (Fsp3) is 0.111. The molecule has 0 unspecified atom stereocenters. The van der Waals surface area contributed by atoms with E-state index in [0.29, 0.717) is 32.3 Å². The molecule has 128 valence electrons. The summed E-state index contributed by atoms with van der Waals surface area (Å²) in [5.74, 6) is -0.0134. The second-order valence-electron chi connectivity index (χ2n) is 5.12. The van der Waals surface area contributed by atoms with Gasteiger partial charge in [-0.05, 0) is 55.0 Å². The van der Waals surface area contributed by atoms with E-state index in [1.165, 1.54) is 40.9 Å². The number of hydrogen-bond donors (Lipinski definition) is 0. The van der Waals surface area contributed by atoms with Crippen LogP contribution >= 0.6 is 35.6 Å². The molecule has 0 atom stereocenters. The number of amides is 1. The molecule has 1 aliphatic heterocycles. The number of benzene rings is 2. The molecule has 0 N–H and O–H groups in total. The number of thiocarbonyl (C=S) groups is 1. The van der Waals surface area contributed by atoms with Crippen molar-refractivity contribution < 1.29 is 13.9 Å². The fourth-order valence-corrected chi connectivity index (χ4v) is 3.85. The maximum absolute atomic E-state index is 13.1. The van der Waals surface area contributed by atoms with Gasteiger partial charge in [0, 0.05) is 0 Å². The standard InChI is InChI=1S/C18H13ClFNO2S2/c1-2-23-15-8-3-11(9-14(15)19)10-16-17(22)21(18(24)25-16)13-6-4-12(20)5-7-13/h3-10H,2H2,1H3. The Kier molecular flexibility index (Phi) is 5.42. The molecule has 2 aromatic carbocycles. The maximum atomic E-state index is 13.1. The zero-order valence-electron chi connectivity index (χ0n) is 13.2. The number of carbonyl (C=O) groups excluding carboxylic acids is 1. The summed E-state index contributed by atoms with van der Waals surface area (Å²) >= 11 is 12.7. The van der Waals surface area contributed by atoms with Gasteiger partial charge >= 0.3 is 0 Å². The van der Waals surface area contributed by atoms with Crippen molar-refractivity contribution in [2.45, 2.75) is 6.92 Å². The van der Waals surface area contributed by atoms with Gasteiger partial charge in [0.15, 0.2) is 4.32 Å². The van der Waals surface area contributed by atoms with Gasteiger partial charge in [-0.25, -0.2) is 4.39 Å². The molecule has 2 aromatic rings. The van der Waals surface area contributed by atoms with Crippen LogP contribution in [-0.4, -0.2) is 16.8 Å². The molecule has 1 saturated heterocycles. The van der Waals surface area contributed by atoms with Crippen LogP contribution in [0, 0.1) is 5.82 Å². The molecule has 0 aromatic heterocycles. The third-order valence-corrected chi connectivity index (χ3v) is 5.03. The minimum atomic E-state index is -0.367. The van der Waals surface area contributed by atoms with Crippen molar-refractivity contribution in [1.82, 2.24) is 0 Å². The molecule has 7 heteroatoms. The highest BCUT2D eigenvalue weighted by Crippen LogP contribution is 2.36. The lowest BCUT2D eigenvalue weighted by molar-refractivity contribution is -0.113. The molecule has 0 aliphatic carbocycles. The summed E-state index contributed by atoms with van der Waals surface area (Å²) in [7, 11) is 0. The van der Waals surface area contributed by atoms with Gasteiger partial charge < -0.3 is 4.74 Å². The summed E-state index contributed by atoms with van der Waals surface area (Å²) in [6, 6.07) is 11.0. The topological polar surface area (TPSA) is 29.5 Å². The normalized spacial score (nSPS) is 16.0. The van der Waals surface area contributed by atoms with Gasteiger partial charge in [0.1, 0.15) is 11.6 Å². The Balaban J connectivity index is 1.87. The first-order chi connectivity index (χ1) is 12.0. The van der Waals surface area contributed by atoms with Crippen molar-refractivity contribution in [1.29, 1.82) is 0 Å². The predicted molar refractivity (Wildman–Crippen MR) is 105 cm³/mol. The Bertz CT molecular complexity index is 868. The van der Waals surface area contributed by atoms with Gasteiger partial charge in [0.25, 0.3) is 5.91 Å². The summed E-state index contributed by atoms with van der Waals surface area (Å²) in [5.41, 5.74) is 1.31. The Morgan fingerprint density at radius 3 is 2.64 bits per heavy atom. The highest BCUT2D eigenvalue weighted by molar-refractivity contribution is 8.27. The van der Waals surface area contributed by atoms with Gasteiger partial charge in [-0.2, -0.15) is 0 Å². The van der Waals surface area contributed by atoms with Crippen LogP contribution < -0.4 is 9.64 Å². The molecule has 0 spiro atoms. The summed E-state index contributed by atoms with van der Waals surface area (Å²) in [4.78, 5) is 14.5. The number of carbonyl (C=O) groups is 1. The molecular weight excluding hydrogens is 381 g/mol. The Morgan fingerprint density at radius 2 is 2.00 bits per heavy atom. The zero-order valence-corrected chi connectivity index (χ0v) is 15.6. The number of rotatable bonds is 4. The van der Waals surface area contributed by atoms with Crippen LogP contribution in [0.5, 0.6) is 5.75 Å². The first-order valence-electron chi connectivity index (χ1n) is 7.45. The summed E-state index contributed by atoms with van der Waals surface area (Å²) in [6.07, 6.45) is 1.73. The SMILES string of the molecule is CCOc1ccc(C=C2SC(=S)N(c3ccc(F)cc3)C2=O)cc1Cl. The van der Waals surface area contributed by atoms with Crippen molar-refractivity contribution in [3.05, 3.63) is 63.8 Å². The number of hydrogen-bond acceptors (Lipinski definition) is 4. The van der Waals surface area contributed by atoms with Crippen LogP contribution in [0.15, 0.2) is 47.4 Å². The lowest BCUT2D eigenvalue weighted by Gasteiger charge is -2.14. The Hall–Kier alpha value is -1.89. The monoisotopic (exact) mass is 393 g/mol. The van der Waals surface area contributed by atoms with Crippen molar-refractivity contribution >= 4 is 57.6 Å². The molecule has 3 rings (SSSR count). The number of anilines is 1. The molecule has 0 bridgehead atoms. The molecule has 0 radical (unpaired) electrons. The molecule has 25 heavy (non-hydrogen) atoms. The predicted octanol–water partition coefficient (Wildman–Crippen LogP) is 5.28. The van der Waals surface area contributed by atoms with Gasteiger partial charge in [0.05, 0.1) is 22.2 Å². The Morgan fingerprint density at radius 1 is 1.28 bits per heavy atom. The lowest BCUT2D eigenvalue weighted by atomic mass is 10.2. The summed E-state index contributed by atoms with van der Waals surface area (Å²) in [6.45, 7) is 2.40. The smallest absolute Gasteiger partial charge is 0.270 e. The molecule has 3 nitrogen and oxygen atoms in total. The van der Waals surface area contributed by atoms with Gasteiger partial charge in [-0.15, -0.1) is 0 Å². The molecule has 1 amide bonds. The number of ether oxygens (including phenoxy) is 1. The highest BCUT2D eigenvalue weighted by Gasteiger charge is 2.33. The minimum Gasteiger partial charge on any atom is -0.492 e. The van der Waals surface area contributed by atoms with E-state index < -0.39 is 0 Å². The van der Waals surface area contributed by atoms with Crippen molar-refractivity contribution in [2.75, 3.05) is 11.5 Å². The van der Waals surface area contributed by atoms with Crippen LogP contribution in [-0.2, 0) is 4.79 Å². The average molecular weight is 394 g/mol. The van der Waals surface area contributed by atoms with Crippen LogP contribution in [0.2, 0.25) is 5.02 Å². The van der Waals surface area contributed by atoms with Crippen LogP contribution in [0.25, 0.3) is 6.08 Å². The van der Waals surface area contributed by atoms with Gasteiger partial charge in [0.2, 0.25) is 0 Å². The van der Waals surface area contributed by atoms with E-state index >= 15 is 0 Å². The molecule has 1 fully saturated rings. The van der Waals surface area contributed by atoms with E-state index in [2.05, 4.69) is 0 Å². The number of halogens is 2. The van der Waals surface area contributed by atoms with Crippen LogP contribution in [0.1, 0.15) is 12.5 Å². The lowest BCUT2D eigenvalue weighted by Crippen LogP contribution is -2.27. The molecule has 0 saturated carbocycles. The Labute approximate surface area is 159 Å². The van der Waals surface area contributed by atoms with Gasteiger partial charge in [-0.3, -0.25) is 9.69 Å². The van der Waals surface area contributed by atoms with E-state index in [0.717, 1.165) is 5.56 Å². The fourth-order valence-electron chi connectivity index (χ4n) is 2.31. The van der Waals surface area contributed by atoms with E-state index in [1.807, 2.05) is 13.0 Å². The quantitative estimate of drug-likeness (QED) is 0.522. The van der Waals surface area contributed by atoms with E-state index in [4.69, 9.17) is 28.6 Å². The van der Waals surface area contributed by atoms with E-state index in [1.54, 1.807) is 18.2 Å². The average Bonchev–Trinajstić information content (AvgIpc) is 2.85. The first-order valence-corrected chi connectivity index (χ1v) is 9.05. The second kappa shape index (κ2) is 7.56. The van der Waals surface area contributed by atoms with Crippen molar-refractivity contribution in [3.63, 3.8) is 0 Å². The van der Waals surface area contributed by atoms with Crippen molar-refractivity contribution in [2.24, 2.45) is 0 Å². The summed E-state index contributed by atoms with van der Waals surface area (Å²) in [5, 5.41) is 0.476. The maximum Gasteiger partial charge on any atom is 0.270 e. The third kappa shape index (κ3) is 3.86.